The first-order valence-electron chi connectivity index (χ1n) is 6.71. The first kappa shape index (κ1) is 14.9. The number of pyridine rings is 1. The smallest absolute Gasteiger partial charge is 0.141 e. The summed E-state index contributed by atoms with van der Waals surface area (Å²) in [6.07, 6.45) is 3.90. The first-order chi connectivity index (χ1) is 9.60. The molecule has 1 aromatic carbocycles. The molecule has 0 bridgehead atoms. The lowest BCUT2D eigenvalue weighted by molar-refractivity contribution is 0.580. The maximum atomic E-state index is 13.4. The van der Waals surface area contributed by atoms with Crippen LogP contribution >= 0.6 is 11.6 Å². The number of aromatic nitrogens is 1. The Morgan fingerprint density at radius 2 is 2.00 bits per heavy atom. The number of hydrogen-bond acceptors (Lipinski definition) is 2. The highest BCUT2D eigenvalue weighted by Gasteiger charge is 2.15. The molecule has 2 aromatic rings. The van der Waals surface area contributed by atoms with Gasteiger partial charge in [0.15, 0.2) is 0 Å². The Labute approximate surface area is 124 Å². The fourth-order valence-corrected chi connectivity index (χ4v) is 2.53. The van der Waals surface area contributed by atoms with Crippen molar-refractivity contribution >= 4 is 11.6 Å². The van der Waals surface area contributed by atoms with E-state index in [9.17, 15) is 4.39 Å². The van der Waals surface area contributed by atoms with Crippen molar-refractivity contribution in [3.05, 3.63) is 64.2 Å². The summed E-state index contributed by atoms with van der Waals surface area (Å²) in [5.74, 6) is -0.329. The molecular weight excluding hydrogens is 275 g/mol. The molecule has 1 heterocycles. The zero-order valence-corrected chi connectivity index (χ0v) is 12.4. The third-order valence-electron chi connectivity index (χ3n) is 3.06. The van der Waals surface area contributed by atoms with E-state index in [4.69, 9.17) is 11.6 Å². The van der Waals surface area contributed by atoms with Crippen molar-refractivity contribution in [3.8, 4) is 0 Å². The summed E-state index contributed by atoms with van der Waals surface area (Å²) in [5.41, 5.74) is 2.91. The van der Waals surface area contributed by atoms with Gasteiger partial charge >= 0.3 is 0 Å². The number of hydrogen-bond donors (Lipinski definition) is 1. The Morgan fingerprint density at radius 1 is 1.20 bits per heavy atom. The number of rotatable bonds is 5. The topological polar surface area (TPSA) is 24.9 Å². The van der Waals surface area contributed by atoms with Crippen molar-refractivity contribution in [1.82, 2.24) is 10.3 Å². The van der Waals surface area contributed by atoms with Crippen LogP contribution in [0.1, 0.15) is 36.1 Å². The number of nitrogens with one attached hydrogen (secondary N) is 1. The molecule has 0 fully saturated rings. The van der Waals surface area contributed by atoms with Crippen LogP contribution in [0.3, 0.4) is 0 Å². The Kier molecular flexibility index (Phi) is 5.10. The van der Waals surface area contributed by atoms with Crippen LogP contribution in [0.25, 0.3) is 0 Å². The van der Waals surface area contributed by atoms with Crippen LogP contribution in [0.4, 0.5) is 4.39 Å². The molecule has 1 aromatic heterocycles. The van der Waals surface area contributed by atoms with E-state index in [1.54, 1.807) is 6.20 Å². The summed E-state index contributed by atoms with van der Waals surface area (Å²) in [6.45, 7) is 4.93. The summed E-state index contributed by atoms with van der Waals surface area (Å²) in [5, 5.41) is 4.11. The summed E-state index contributed by atoms with van der Waals surface area (Å²) in [6, 6.07) is 7.29. The van der Waals surface area contributed by atoms with Crippen molar-refractivity contribution in [2.75, 3.05) is 6.54 Å². The molecule has 0 spiro atoms. The highest BCUT2D eigenvalue weighted by atomic mass is 35.5. The van der Waals surface area contributed by atoms with Crippen molar-refractivity contribution in [1.29, 1.82) is 0 Å². The van der Waals surface area contributed by atoms with Crippen LogP contribution in [0.5, 0.6) is 0 Å². The quantitative estimate of drug-likeness (QED) is 0.890. The molecule has 0 aliphatic heterocycles. The highest BCUT2D eigenvalue weighted by molar-refractivity contribution is 6.30. The molecule has 0 saturated heterocycles. The van der Waals surface area contributed by atoms with Crippen molar-refractivity contribution in [3.63, 3.8) is 0 Å². The highest BCUT2D eigenvalue weighted by Crippen LogP contribution is 2.26. The summed E-state index contributed by atoms with van der Waals surface area (Å²) < 4.78 is 13.4. The van der Waals surface area contributed by atoms with Gasteiger partial charge in [0.2, 0.25) is 0 Å². The van der Waals surface area contributed by atoms with E-state index in [0.29, 0.717) is 5.02 Å². The van der Waals surface area contributed by atoms with Gasteiger partial charge in [0.25, 0.3) is 0 Å². The maximum Gasteiger partial charge on any atom is 0.141 e. The number of benzene rings is 1. The van der Waals surface area contributed by atoms with Crippen LogP contribution in [0, 0.1) is 12.7 Å². The van der Waals surface area contributed by atoms with Gasteiger partial charge in [0, 0.05) is 11.2 Å². The third kappa shape index (κ3) is 3.78. The second-order valence-corrected chi connectivity index (χ2v) is 5.32. The van der Waals surface area contributed by atoms with Gasteiger partial charge < -0.3 is 5.32 Å². The van der Waals surface area contributed by atoms with E-state index in [1.165, 1.54) is 12.3 Å². The van der Waals surface area contributed by atoms with Crippen molar-refractivity contribution in [2.24, 2.45) is 0 Å². The predicted molar refractivity (Wildman–Crippen MR) is 80.5 cm³/mol. The summed E-state index contributed by atoms with van der Waals surface area (Å²) in [4.78, 5) is 3.94. The Hall–Kier alpha value is -1.45. The van der Waals surface area contributed by atoms with Crippen molar-refractivity contribution in [2.45, 2.75) is 26.3 Å². The average molecular weight is 293 g/mol. The minimum atomic E-state index is -0.329. The Morgan fingerprint density at radius 3 is 2.65 bits per heavy atom. The monoisotopic (exact) mass is 292 g/mol. The van der Waals surface area contributed by atoms with E-state index < -0.39 is 0 Å². The van der Waals surface area contributed by atoms with Gasteiger partial charge in [-0.2, -0.15) is 0 Å². The van der Waals surface area contributed by atoms with E-state index in [1.807, 2.05) is 19.1 Å². The average Bonchev–Trinajstić information content (AvgIpc) is 2.38. The SMILES string of the molecule is CCCNC(c1cncc(F)c1)c1cc(C)cc(Cl)c1. The van der Waals surface area contributed by atoms with Crippen LogP contribution in [-0.4, -0.2) is 11.5 Å². The zero-order valence-electron chi connectivity index (χ0n) is 11.7. The van der Waals surface area contributed by atoms with E-state index >= 15 is 0 Å². The fourth-order valence-electron chi connectivity index (χ4n) is 2.23. The van der Waals surface area contributed by atoms with Crippen LogP contribution in [0.2, 0.25) is 5.02 Å². The van der Waals surface area contributed by atoms with Crippen LogP contribution < -0.4 is 5.32 Å². The second-order valence-electron chi connectivity index (χ2n) is 4.89. The lowest BCUT2D eigenvalue weighted by Gasteiger charge is -2.20. The molecule has 20 heavy (non-hydrogen) atoms. The number of nitrogens with zero attached hydrogens (tertiary/aromatic N) is 1. The van der Waals surface area contributed by atoms with Gasteiger partial charge in [-0.1, -0.05) is 24.6 Å². The van der Waals surface area contributed by atoms with Gasteiger partial charge in [0.1, 0.15) is 5.82 Å². The molecule has 0 radical (unpaired) electrons. The molecule has 2 rings (SSSR count). The third-order valence-corrected chi connectivity index (χ3v) is 3.27. The van der Waals surface area contributed by atoms with Crippen LogP contribution in [0.15, 0.2) is 36.7 Å². The summed E-state index contributed by atoms with van der Waals surface area (Å²) >= 11 is 6.13. The largest absolute Gasteiger partial charge is 0.306 e. The normalized spacial score (nSPS) is 12.4. The van der Waals surface area contributed by atoms with Crippen LogP contribution in [-0.2, 0) is 0 Å². The zero-order chi connectivity index (χ0) is 14.5. The molecule has 0 amide bonds. The molecule has 0 saturated carbocycles. The molecule has 0 aliphatic rings. The lowest BCUT2D eigenvalue weighted by Crippen LogP contribution is -2.23. The molecule has 0 aliphatic carbocycles. The lowest BCUT2D eigenvalue weighted by atomic mass is 9.98. The fraction of sp³-hybridized carbons (Fsp3) is 0.312. The van der Waals surface area contributed by atoms with Gasteiger partial charge in [0.05, 0.1) is 12.2 Å². The van der Waals surface area contributed by atoms with Gasteiger partial charge in [-0.05, 0) is 54.8 Å². The molecule has 1 unspecified atom stereocenters. The molecular formula is C16H18ClFN2. The van der Waals surface area contributed by atoms with Gasteiger partial charge in [-0.25, -0.2) is 4.39 Å². The molecule has 1 N–H and O–H groups in total. The molecule has 2 nitrogen and oxygen atoms in total. The maximum absolute atomic E-state index is 13.4. The van der Waals surface area contributed by atoms with Crippen molar-refractivity contribution < 1.29 is 4.39 Å². The van der Waals surface area contributed by atoms with E-state index in [2.05, 4.69) is 23.3 Å². The number of halogens is 2. The molecule has 1 atom stereocenters. The number of aryl methyl sites for hydroxylation is 1. The predicted octanol–water partition coefficient (Wildman–Crippen LogP) is 4.27. The molecule has 4 heteroatoms. The standard InChI is InChI=1S/C16H18ClFN2/c1-3-4-20-16(13-8-15(18)10-19-9-13)12-5-11(2)6-14(17)7-12/h5-10,16,20H,3-4H2,1-2H3. The van der Waals surface area contributed by atoms with Gasteiger partial charge in [-0.3, -0.25) is 4.98 Å². The van der Waals surface area contributed by atoms with Gasteiger partial charge in [-0.15, -0.1) is 0 Å². The first-order valence-corrected chi connectivity index (χ1v) is 7.09. The Bertz CT molecular complexity index is 566. The minimum absolute atomic E-state index is 0.101. The second kappa shape index (κ2) is 6.82. The summed E-state index contributed by atoms with van der Waals surface area (Å²) in [7, 11) is 0. The van der Waals surface area contributed by atoms with E-state index in [0.717, 1.165) is 29.7 Å². The minimum Gasteiger partial charge on any atom is -0.306 e. The Balaban J connectivity index is 2.41. The molecule has 106 valence electrons. The van der Waals surface area contributed by atoms with E-state index in [-0.39, 0.29) is 11.9 Å².